The van der Waals surface area contributed by atoms with Gasteiger partial charge in [-0.2, -0.15) is 0 Å². The Labute approximate surface area is 123 Å². The van der Waals surface area contributed by atoms with E-state index in [-0.39, 0.29) is 5.56 Å². The molecule has 0 spiro atoms. The van der Waals surface area contributed by atoms with Crippen molar-refractivity contribution in [1.29, 1.82) is 0 Å². The third-order valence-corrected chi connectivity index (χ3v) is 3.68. The highest BCUT2D eigenvalue weighted by atomic mass is 32.2. The quantitative estimate of drug-likeness (QED) is 0.484. The van der Waals surface area contributed by atoms with Crippen LogP contribution in [0.4, 0.5) is 5.69 Å². The predicted octanol–water partition coefficient (Wildman–Crippen LogP) is 1.59. The molecule has 2 rings (SSSR count). The molecule has 0 unspecified atom stereocenters. The Kier molecular flexibility index (Phi) is 4.48. The Balaban J connectivity index is 2.19. The highest BCUT2D eigenvalue weighted by Crippen LogP contribution is 2.25. The first-order valence-corrected chi connectivity index (χ1v) is 6.91. The van der Waals surface area contributed by atoms with E-state index in [0.717, 1.165) is 0 Å². The Morgan fingerprint density at radius 2 is 2.29 bits per heavy atom. The van der Waals surface area contributed by atoms with Crippen LogP contribution in [-0.2, 0) is 12.3 Å². The van der Waals surface area contributed by atoms with E-state index < -0.39 is 16.6 Å². The lowest BCUT2D eigenvalue weighted by atomic mass is 10.1. The van der Waals surface area contributed by atoms with E-state index in [4.69, 9.17) is 5.11 Å². The first kappa shape index (κ1) is 14.9. The fourth-order valence-electron chi connectivity index (χ4n) is 1.65. The molecule has 0 radical (unpaired) electrons. The minimum absolute atomic E-state index is 0.327. The van der Waals surface area contributed by atoms with Gasteiger partial charge in [0.1, 0.15) is 5.56 Å². The van der Waals surface area contributed by atoms with E-state index in [1.165, 1.54) is 23.9 Å². The molecule has 110 valence electrons. The Morgan fingerprint density at radius 3 is 2.90 bits per heavy atom. The van der Waals surface area contributed by atoms with Crippen LogP contribution in [0.15, 0.2) is 23.4 Å². The van der Waals surface area contributed by atoms with Crippen molar-refractivity contribution < 1.29 is 14.8 Å². The topological polar surface area (TPSA) is 124 Å². The number of nitro groups is 1. The lowest BCUT2D eigenvalue weighted by Crippen LogP contribution is -2.03. The standard InChI is InChI=1S/C11H11N5O4S/c1-2-15-11(12-13-14-15)21-6-7-3-4-8(10(17)18)9(5-7)16(19)20/h3-5H,2,6H2,1H3,(H,17,18). The number of hydrogen-bond acceptors (Lipinski definition) is 7. The largest absolute Gasteiger partial charge is 0.477 e. The molecule has 10 heteroatoms. The maximum Gasteiger partial charge on any atom is 0.342 e. The zero-order chi connectivity index (χ0) is 15.4. The first-order chi connectivity index (χ1) is 10.0. The predicted molar refractivity (Wildman–Crippen MR) is 73.1 cm³/mol. The maximum atomic E-state index is 10.9. The van der Waals surface area contributed by atoms with Gasteiger partial charge in [0.2, 0.25) is 5.16 Å². The summed E-state index contributed by atoms with van der Waals surface area (Å²) in [6.45, 7) is 2.51. The molecular formula is C11H11N5O4S. The number of tetrazole rings is 1. The summed E-state index contributed by atoms with van der Waals surface area (Å²) in [6.07, 6.45) is 0. The monoisotopic (exact) mass is 309 g/mol. The van der Waals surface area contributed by atoms with Gasteiger partial charge in [-0.05, 0) is 29.0 Å². The van der Waals surface area contributed by atoms with Crippen LogP contribution in [0.25, 0.3) is 0 Å². The number of aromatic nitrogens is 4. The molecule has 0 fully saturated rings. The summed E-state index contributed by atoms with van der Waals surface area (Å²) in [5, 5.41) is 31.6. The number of nitro benzene ring substituents is 1. The summed E-state index contributed by atoms with van der Waals surface area (Å²) in [5.74, 6) is -0.919. The number of nitrogens with zero attached hydrogens (tertiary/aromatic N) is 5. The highest BCUT2D eigenvalue weighted by Gasteiger charge is 2.20. The minimum atomic E-state index is -1.32. The number of hydrogen-bond donors (Lipinski definition) is 1. The molecule has 21 heavy (non-hydrogen) atoms. The lowest BCUT2D eigenvalue weighted by molar-refractivity contribution is -0.385. The van der Waals surface area contributed by atoms with Crippen molar-refractivity contribution in [3.8, 4) is 0 Å². The van der Waals surface area contributed by atoms with E-state index >= 15 is 0 Å². The maximum absolute atomic E-state index is 10.9. The van der Waals surface area contributed by atoms with E-state index in [1.807, 2.05) is 6.92 Å². The average Bonchev–Trinajstić information content (AvgIpc) is 2.92. The molecule has 1 aromatic carbocycles. The van der Waals surface area contributed by atoms with Crippen molar-refractivity contribution in [3.05, 3.63) is 39.4 Å². The summed E-state index contributed by atoms with van der Waals surface area (Å²) >= 11 is 1.32. The summed E-state index contributed by atoms with van der Waals surface area (Å²) in [4.78, 5) is 21.1. The number of benzene rings is 1. The van der Waals surface area contributed by atoms with Gasteiger partial charge in [-0.3, -0.25) is 10.1 Å². The van der Waals surface area contributed by atoms with Gasteiger partial charge in [-0.1, -0.05) is 17.8 Å². The third kappa shape index (κ3) is 3.34. The second kappa shape index (κ2) is 6.31. The fourth-order valence-corrected chi connectivity index (χ4v) is 2.53. The van der Waals surface area contributed by atoms with Crippen LogP contribution in [0.1, 0.15) is 22.8 Å². The first-order valence-electron chi connectivity index (χ1n) is 5.92. The van der Waals surface area contributed by atoms with Gasteiger partial charge in [0.15, 0.2) is 0 Å². The molecule has 0 aliphatic heterocycles. The van der Waals surface area contributed by atoms with Crippen LogP contribution >= 0.6 is 11.8 Å². The smallest absolute Gasteiger partial charge is 0.342 e. The number of carboxylic acid groups (broad SMARTS) is 1. The number of aromatic carboxylic acids is 1. The van der Waals surface area contributed by atoms with Crippen molar-refractivity contribution in [1.82, 2.24) is 20.2 Å². The molecule has 0 saturated carbocycles. The molecule has 0 aliphatic rings. The van der Waals surface area contributed by atoms with E-state index in [9.17, 15) is 14.9 Å². The van der Waals surface area contributed by atoms with Crippen LogP contribution < -0.4 is 0 Å². The van der Waals surface area contributed by atoms with Gasteiger partial charge >= 0.3 is 5.97 Å². The lowest BCUT2D eigenvalue weighted by Gasteiger charge is -2.03. The number of carbonyl (C=O) groups is 1. The summed E-state index contributed by atoms with van der Waals surface area (Å²) in [6, 6.07) is 4.04. The van der Waals surface area contributed by atoms with Crippen LogP contribution in [0.2, 0.25) is 0 Å². The molecule has 0 amide bonds. The highest BCUT2D eigenvalue weighted by molar-refractivity contribution is 7.98. The number of thioether (sulfide) groups is 1. The molecule has 0 aliphatic carbocycles. The molecule has 0 atom stereocenters. The third-order valence-electron chi connectivity index (χ3n) is 2.66. The van der Waals surface area contributed by atoms with Gasteiger partial charge in [-0.15, -0.1) is 5.10 Å². The molecule has 1 aromatic heterocycles. The fraction of sp³-hybridized carbons (Fsp3) is 0.273. The van der Waals surface area contributed by atoms with Crippen molar-refractivity contribution in [2.45, 2.75) is 24.4 Å². The van der Waals surface area contributed by atoms with E-state index in [1.54, 1.807) is 10.7 Å². The second-order valence-electron chi connectivity index (χ2n) is 3.98. The van der Waals surface area contributed by atoms with Crippen LogP contribution in [0.3, 0.4) is 0 Å². The SMILES string of the molecule is CCn1nnnc1SCc1ccc(C(=O)O)c([N+](=O)[O-])c1. The minimum Gasteiger partial charge on any atom is -0.477 e. The molecule has 9 nitrogen and oxygen atoms in total. The van der Waals surface area contributed by atoms with Gasteiger partial charge in [0.25, 0.3) is 5.69 Å². The van der Waals surface area contributed by atoms with E-state index in [0.29, 0.717) is 23.0 Å². The summed E-state index contributed by atoms with van der Waals surface area (Å²) in [7, 11) is 0. The van der Waals surface area contributed by atoms with Gasteiger partial charge in [-0.25, -0.2) is 9.48 Å². The second-order valence-corrected chi connectivity index (χ2v) is 4.92. The summed E-state index contributed by atoms with van der Waals surface area (Å²) < 4.78 is 1.60. The molecular weight excluding hydrogens is 298 g/mol. The van der Waals surface area contributed by atoms with Gasteiger partial charge < -0.3 is 5.11 Å². The van der Waals surface area contributed by atoms with Crippen LogP contribution in [0.5, 0.6) is 0 Å². The van der Waals surface area contributed by atoms with Crippen molar-refractivity contribution in [2.75, 3.05) is 0 Å². The van der Waals surface area contributed by atoms with Crippen molar-refractivity contribution in [3.63, 3.8) is 0 Å². The summed E-state index contributed by atoms with van der Waals surface area (Å²) in [5.41, 5.74) is -0.120. The van der Waals surface area contributed by atoms with Crippen LogP contribution in [0, 0.1) is 10.1 Å². The number of carboxylic acids is 1. The Bertz CT molecular complexity index is 687. The van der Waals surface area contributed by atoms with Crippen LogP contribution in [-0.4, -0.2) is 36.2 Å². The Morgan fingerprint density at radius 1 is 1.52 bits per heavy atom. The molecule has 0 saturated heterocycles. The average molecular weight is 309 g/mol. The molecule has 2 aromatic rings. The van der Waals surface area contributed by atoms with Crippen molar-refractivity contribution >= 4 is 23.4 Å². The van der Waals surface area contributed by atoms with Gasteiger partial charge in [0.05, 0.1) is 4.92 Å². The molecule has 0 bridgehead atoms. The molecule has 1 heterocycles. The van der Waals surface area contributed by atoms with Gasteiger partial charge in [0, 0.05) is 18.4 Å². The van der Waals surface area contributed by atoms with E-state index in [2.05, 4.69) is 15.5 Å². The number of rotatable bonds is 6. The zero-order valence-electron chi connectivity index (χ0n) is 11.0. The zero-order valence-corrected chi connectivity index (χ0v) is 11.8. The number of aryl methyl sites for hydroxylation is 1. The Hall–Kier alpha value is -2.49. The van der Waals surface area contributed by atoms with Crippen molar-refractivity contribution in [2.24, 2.45) is 0 Å². The molecule has 1 N–H and O–H groups in total. The normalized spacial score (nSPS) is 10.5.